The molecular formula is C26H18F2N4O2. The van der Waals surface area contributed by atoms with Crippen LogP contribution in [0, 0.1) is 23.0 Å². The van der Waals surface area contributed by atoms with Crippen LogP contribution in [0.1, 0.15) is 27.0 Å². The maximum Gasteiger partial charge on any atom is 0.258 e. The molecule has 2 heterocycles. The molecular weight excluding hydrogens is 438 g/mol. The van der Waals surface area contributed by atoms with Crippen LogP contribution in [0.5, 0.6) is 11.5 Å². The SMILES string of the molecule is Cn1cc(-c2ccc(CN3Cc4cccc(Oc5c(F)cccc5C#N)c4C3=O)c(F)c2)cn1. The number of amides is 1. The van der Waals surface area contributed by atoms with Gasteiger partial charge < -0.3 is 9.64 Å². The number of para-hydroxylation sites is 1. The van der Waals surface area contributed by atoms with Crippen molar-refractivity contribution in [2.75, 3.05) is 0 Å². The van der Waals surface area contributed by atoms with E-state index in [0.29, 0.717) is 16.7 Å². The second-order valence-corrected chi connectivity index (χ2v) is 7.99. The summed E-state index contributed by atoms with van der Waals surface area (Å²) in [5, 5.41) is 13.4. The lowest BCUT2D eigenvalue weighted by atomic mass is 10.1. The number of benzene rings is 3. The van der Waals surface area contributed by atoms with Gasteiger partial charge in [0.05, 0.1) is 17.3 Å². The van der Waals surface area contributed by atoms with Gasteiger partial charge in [-0.2, -0.15) is 10.4 Å². The Balaban J connectivity index is 1.40. The molecule has 0 saturated heterocycles. The number of halogens is 2. The zero-order chi connectivity index (χ0) is 23.8. The van der Waals surface area contributed by atoms with Gasteiger partial charge in [-0.15, -0.1) is 0 Å². The largest absolute Gasteiger partial charge is 0.452 e. The van der Waals surface area contributed by atoms with Crippen molar-refractivity contribution in [3.05, 3.63) is 101 Å². The first-order valence-electron chi connectivity index (χ1n) is 10.5. The summed E-state index contributed by atoms with van der Waals surface area (Å²) < 4.78 is 36.6. The first kappa shape index (κ1) is 21.3. The van der Waals surface area contributed by atoms with E-state index in [2.05, 4.69) is 5.10 Å². The maximum atomic E-state index is 14.9. The monoisotopic (exact) mass is 456 g/mol. The molecule has 4 aromatic rings. The van der Waals surface area contributed by atoms with Crippen molar-refractivity contribution in [3.63, 3.8) is 0 Å². The summed E-state index contributed by atoms with van der Waals surface area (Å²) in [4.78, 5) is 14.7. The van der Waals surface area contributed by atoms with Gasteiger partial charge in [-0.05, 0) is 35.4 Å². The molecule has 0 unspecified atom stereocenters. The minimum Gasteiger partial charge on any atom is -0.452 e. The summed E-state index contributed by atoms with van der Waals surface area (Å²) in [5.74, 6) is -1.56. The molecule has 0 N–H and O–H groups in total. The highest BCUT2D eigenvalue weighted by Gasteiger charge is 2.32. The van der Waals surface area contributed by atoms with E-state index in [0.717, 1.165) is 5.56 Å². The number of rotatable bonds is 5. The lowest BCUT2D eigenvalue weighted by Gasteiger charge is -2.17. The maximum absolute atomic E-state index is 14.9. The molecule has 1 aromatic heterocycles. The Hall–Kier alpha value is -4.51. The molecule has 1 amide bonds. The van der Waals surface area contributed by atoms with E-state index in [4.69, 9.17) is 4.74 Å². The van der Waals surface area contributed by atoms with Crippen molar-refractivity contribution in [1.29, 1.82) is 5.26 Å². The second-order valence-electron chi connectivity index (χ2n) is 7.99. The lowest BCUT2D eigenvalue weighted by Crippen LogP contribution is -2.24. The van der Waals surface area contributed by atoms with Crippen LogP contribution in [0.25, 0.3) is 11.1 Å². The van der Waals surface area contributed by atoms with Crippen LogP contribution < -0.4 is 4.74 Å². The second kappa shape index (κ2) is 8.45. The predicted octanol–water partition coefficient (Wildman–Crippen LogP) is 5.19. The number of aryl methyl sites for hydroxylation is 1. The summed E-state index contributed by atoms with van der Waals surface area (Å²) in [6.07, 6.45) is 3.45. The highest BCUT2D eigenvalue weighted by Crippen LogP contribution is 2.36. The molecule has 0 bridgehead atoms. The molecule has 0 atom stereocenters. The van der Waals surface area contributed by atoms with Gasteiger partial charge in [0.1, 0.15) is 17.6 Å². The molecule has 1 aliphatic rings. The molecule has 3 aromatic carbocycles. The molecule has 1 aliphatic heterocycles. The number of hydrogen-bond acceptors (Lipinski definition) is 4. The van der Waals surface area contributed by atoms with Gasteiger partial charge in [0.15, 0.2) is 11.6 Å². The topological polar surface area (TPSA) is 71.2 Å². The van der Waals surface area contributed by atoms with Crippen LogP contribution in [0.15, 0.2) is 67.0 Å². The summed E-state index contributed by atoms with van der Waals surface area (Å²) in [7, 11) is 1.79. The predicted molar refractivity (Wildman–Crippen MR) is 120 cm³/mol. The number of aromatic nitrogens is 2. The Morgan fingerprint density at radius 2 is 1.91 bits per heavy atom. The van der Waals surface area contributed by atoms with Crippen LogP contribution in [0.2, 0.25) is 0 Å². The van der Waals surface area contributed by atoms with Gasteiger partial charge in [-0.25, -0.2) is 8.78 Å². The summed E-state index contributed by atoms with van der Waals surface area (Å²) in [5.41, 5.74) is 2.85. The fourth-order valence-electron chi connectivity index (χ4n) is 4.04. The van der Waals surface area contributed by atoms with E-state index in [1.165, 1.54) is 29.2 Å². The van der Waals surface area contributed by atoms with Crippen LogP contribution in [0.4, 0.5) is 8.78 Å². The van der Waals surface area contributed by atoms with Crippen LogP contribution in [-0.4, -0.2) is 20.6 Å². The molecule has 0 aliphatic carbocycles. The highest BCUT2D eigenvalue weighted by molar-refractivity contribution is 6.01. The van der Waals surface area contributed by atoms with Crippen LogP contribution in [0.3, 0.4) is 0 Å². The molecule has 34 heavy (non-hydrogen) atoms. The Bertz CT molecular complexity index is 1470. The van der Waals surface area contributed by atoms with E-state index in [1.54, 1.807) is 54.5 Å². The van der Waals surface area contributed by atoms with E-state index >= 15 is 0 Å². The van der Waals surface area contributed by atoms with Crippen molar-refractivity contribution in [2.24, 2.45) is 7.05 Å². The van der Waals surface area contributed by atoms with E-state index in [-0.39, 0.29) is 41.6 Å². The van der Waals surface area contributed by atoms with Gasteiger partial charge >= 0.3 is 0 Å². The molecule has 0 radical (unpaired) electrons. The Kier molecular flexibility index (Phi) is 5.30. The first-order chi connectivity index (χ1) is 16.4. The van der Waals surface area contributed by atoms with Crippen molar-refractivity contribution < 1.29 is 18.3 Å². The minimum absolute atomic E-state index is 0.0238. The smallest absolute Gasteiger partial charge is 0.258 e. The normalized spacial score (nSPS) is 12.5. The lowest BCUT2D eigenvalue weighted by molar-refractivity contribution is 0.0763. The third-order valence-electron chi connectivity index (χ3n) is 5.73. The van der Waals surface area contributed by atoms with Crippen LogP contribution in [-0.2, 0) is 20.1 Å². The molecule has 8 heteroatoms. The van der Waals surface area contributed by atoms with Crippen molar-refractivity contribution in [2.45, 2.75) is 13.1 Å². The number of carbonyl (C=O) groups is 1. The third-order valence-corrected chi connectivity index (χ3v) is 5.73. The van der Waals surface area contributed by atoms with Crippen molar-refractivity contribution >= 4 is 5.91 Å². The Morgan fingerprint density at radius 3 is 2.65 bits per heavy atom. The number of nitrogens with zero attached hydrogens (tertiary/aromatic N) is 4. The standard InChI is InChI=1S/C26H18F2N4O2/c1-31-13-20(12-30-31)16-8-9-18(22(28)10-16)14-32-15-19-5-3-7-23(24(19)26(32)33)34-25-17(11-29)4-2-6-21(25)27/h2-10,12-13H,14-15H2,1H3. The molecule has 0 spiro atoms. The summed E-state index contributed by atoms with van der Waals surface area (Å²) >= 11 is 0. The quantitative estimate of drug-likeness (QED) is 0.415. The van der Waals surface area contributed by atoms with E-state index in [9.17, 15) is 18.8 Å². The number of fused-ring (bicyclic) bond motifs is 1. The third kappa shape index (κ3) is 3.77. The summed E-state index contributed by atoms with van der Waals surface area (Å²) in [6, 6.07) is 15.8. The molecule has 168 valence electrons. The van der Waals surface area contributed by atoms with Gasteiger partial charge in [0.25, 0.3) is 5.91 Å². The average Bonchev–Trinajstić information content (AvgIpc) is 3.40. The Morgan fingerprint density at radius 1 is 1.09 bits per heavy atom. The van der Waals surface area contributed by atoms with Gasteiger partial charge in [0, 0.05) is 37.5 Å². The van der Waals surface area contributed by atoms with Crippen molar-refractivity contribution in [3.8, 4) is 28.7 Å². The number of ether oxygens (including phenoxy) is 1. The number of hydrogen-bond donors (Lipinski definition) is 0. The summed E-state index contributed by atoms with van der Waals surface area (Å²) in [6.45, 7) is 0.326. The van der Waals surface area contributed by atoms with Gasteiger partial charge in [-0.3, -0.25) is 9.48 Å². The highest BCUT2D eigenvalue weighted by atomic mass is 19.1. The van der Waals surface area contributed by atoms with E-state index < -0.39 is 11.6 Å². The fourth-order valence-corrected chi connectivity index (χ4v) is 4.04. The number of nitriles is 1. The van der Waals surface area contributed by atoms with Gasteiger partial charge in [0.2, 0.25) is 0 Å². The zero-order valence-electron chi connectivity index (χ0n) is 18.1. The Labute approximate surface area is 194 Å². The molecule has 0 fully saturated rings. The van der Waals surface area contributed by atoms with Crippen LogP contribution >= 0.6 is 0 Å². The average molecular weight is 456 g/mol. The molecule has 6 nitrogen and oxygen atoms in total. The molecule has 5 rings (SSSR count). The van der Waals surface area contributed by atoms with E-state index in [1.807, 2.05) is 6.07 Å². The zero-order valence-corrected chi connectivity index (χ0v) is 18.1. The number of carbonyl (C=O) groups excluding carboxylic acids is 1. The fraction of sp³-hybridized carbons (Fsp3) is 0.115. The van der Waals surface area contributed by atoms with Crippen molar-refractivity contribution in [1.82, 2.24) is 14.7 Å². The first-order valence-corrected chi connectivity index (χ1v) is 10.5. The minimum atomic E-state index is -0.699. The molecule has 0 saturated carbocycles. The van der Waals surface area contributed by atoms with Gasteiger partial charge in [-0.1, -0.05) is 30.3 Å².